The van der Waals surface area contributed by atoms with Crippen LogP contribution in [0.3, 0.4) is 0 Å². The lowest BCUT2D eigenvalue weighted by molar-refractivity contribution is 0.135. The SMILES string of the molecule is Clc1ccc(CCOc2ccc(Cl)cc2OC2CNC2)cc1. The number of nitrogens with one attached hydrogen (secondary N) is 1. The van der Waals surface area contributed by atoms with Gasteiger partial charge in [-0.3, -0.25) is 0 Å². The maximum Gasteiger partial charge on any atom is 0.163 e. The van der Waals surface area contributed by atoms with Gasteiger partial charge in [0.2, 0.25) is 0 Å². The molecule has 1 saturated heterocycles. The van der Waals surface area contributed by atoms with Gasteiger partial charge in [-0.1, -0.05) is 35.3 Å². The highest BCUT2D eigenvalue weighted by Gasteiger charge is 2.20. The first-order chi connectivity index (χ1) is 10.7. The lowest BCUT2D eigenvalue weighted by atomic mass is 10.2. The van der Waals surface area contributed by atoms with Gasteiger partial charge in [-0.15, -0.1) is 0 Å². The Morgan fingerprint density at radius 3 is 2.36 bits per heavy atom. The van der Waals surface area contributed by atoms with E-state index in [1.54, 1.807) is 6.07 Å². The molecule has 0 aromatic heterocycles. The lowest BCUT2D eigenvalue weighted by Crippen LogP contribution is -2.50. The second kappa shape index (κ2) is 7.23. The van der Waals surface area contributed by atoms with E-state index in [1.165, 1.54) is 5.56 Å². The highest BCUT2D eigenvalue weighted by Crippen LogP contribution is 2.31. The highest BCUT2D eigenvalue weighted by atomic mass is 35.5. The molecule has 2 aromatic rings. The van der Waals surface area contributed by atoms with Crippen LogP contribution in [0, 0.1) is 0 Å². The molecule has 3 nitrogen and oxygen atoms in total. The van der Waals surface area contributed by atoms with Crippen molar-refractivity contribution >= 4 is 23.2 Å². The molecule has 0 radical (unpaired) electrons. The van der Waals surface area contributed by atoms with Gasteiger partial charge in [-0.25, -0.2) is 0 Å². The van der Waals surface area contributed by atoms with Gasteiger partial charge in [0.15, 0.2) is 11.5 Å². The van der Waals surface area contributed by atoms with Crippen LogP contribution in [0.25, 0.3) is 0 Å². The molecule has 0 amide bonds. The molecule has 1 aliphatic heterocycles. The summed E-state index contributed by atoms with van der Waals surface area (Å²) in [6, 6.07) is 13.2. The number of halogens is 2. The summed E-state index contributed by atoms with van der Waals surface area (Å²) in [7, 11) is 0. The summed E-state index contributed by atoms with van der Waals surface area (Å²) < 4.78 is 11.8. The maximum atomic E-state index is 6.04. The van der Waals surface area contributed by atoms with Crippen molar-refractivity contribution in [2.24, 2.45) is 0 Å². The minimum Gasteiger partial charge on any atom is -0.489 e. The van der Waals surface area contributed by atoms with E-state index >= 15 is 0 Å². The van der Waals surface area contributed by atoms with Gasteiger partial charge in [0.05, 0.1) is 6.61 Å². The van der Waals surface area contributed by atoms with Crippen LogP contribution < -0.4 is 14.8 Å². The second-order valence-electron chi connectivity index (χ2n) is 5.21. The van der Waals surface area contributed by atoms with Crippen molar-refractivity contribution in [3.63, 3.8) is 0 Å². The van der Waals surface area contributed by atoms with Crippen molar-refractivity contribution in [1.29, 1.82) is 0 Å². The quantitative estimate of drug-likeness (QED) is 0.865. The molecule has 116 valence electrons. The molecule has 0 atom stereocenters. The summed E-state index contributed by atoms with van der Waals surface area (Å²) in [5.74, 6) is 1.43. The number of benzene rings is 2. The van der Waals surface area contributed by atoms with Gasteiger partial charge < -0.3 is 14.8 Å². The number of rotatable bonds is 6. The average Bonchev–Trinajstić information content (AvgIpc) is 2.47. The molecule has 2 aromatic carbocycles. The second-order valence-corrected chi connectivity index (χ2v) is 6.09. The number of hydrogen-bond donors (Lipinski definition) is 1. The first kappa shape index (κ1) is 15.5. The van der Waals surface area contributed by atoms with Gasteiger partial charge in [0, 0.05) is 35.6 Å². The first-order valence-corrected chi connectivity index (χ1v) is 8.00. The van der Waals surface area contributed by atoms with E-state index in [0.29, 0.717) is 17.4 Å². The Balaban J connectivity index is 1.60. The molecule has 1 N–H and O–H groups in total. The van der Waals surface area contributed by atoms with Crippen LogP contribution >= 0.6 is 23.2 Å². The van der Waals surface area contributed by atoms with E-state index in [0.717, 1.165) is 30.3 Å². The third-order valence-electron chi connectivity index (χ3n) is 3.50. The van der Waals surface area contributed by atoms with Crippen molar-refractivity contribution in [2.75, 3.05) is 19.7 Å². The van der Waals surface area contributed by atoms with Crippen molar-refractivity contribution in [3.05, 3.63) is 58.1 Å². The fourth-order valence-electron chi connectivity index (χ4n) is 2.15. The Hall–Kier alpha value is -1.42. The normalized spacial score (nSPS) is 14.5. The van der Waals surface area contributed by atoms with Gasteiger partial charge in [0.25, 0.3) is 0 Å². The van der Waals surface area contributed by atoms with Crippen LogP contribution in [-0.2, 0) is 6.42 Å². The predicted molar refractivity (Wildman–Crippen MR) is 89.4 cm³/mol. The predicted octanol–water partition coefficient (Wildman–Crippen LogP) is 3.97. The van der Waals surface area contributed by atoms with E-state index in [-0.39, 0.29) is 6.10 Å². The summed E-state index contributed by atoms with van der Waals surface area (Å²) >= 11 is 11.9. The Kier molecular flexibility index (Phi) is 5.08. The van der Waals surface area contributed by atoms with Crippen molar-refractivity contribution < 1.29 is 9.47 Å². The van der Waals surface area contributed by atoms with Crippen LogP contribution in [0.15, 0.2) is 42.5 Å². The third kappa shape index (κ3) is 4.07. The molecule has 1 fully saturated rings. The van der Waals surface area contributed by atoms with E-state index in [1.807, 2.05) is 36.4 Å². The molecule has 22 heavy (non-hydrogen) atoms. The molecule has 1 aliphatic rings. The van der Waals surface area contributed by atoms with E-state index < -0.39 is 0 Å². The summed E-state index contributed by atoms with van der Waals surface area (Å²) in [6.07, 6.45) is 1.00. The molecular formula is C17H17Cl2NO2. The van der Waals surface area contributed by atoms with Crippen molar-refractivity contribution in [1.82, 2.24) is 5.32 Å². The Morgan fingerprint density at radius 1 is 0.955 bits per heavy atom. The lowest BCUT2D eigenvalue weighted by Gasteiger charge is -2.28. The molecule has 0 bridgehead atoms. The topological polar surface area (TPSA) is 30.5 Å². The number of hydrogen-bond acceptors (Lipinski definition) is 3. The zero-order chi connectivity index (χ0) is 15.4. The summed E-state index contributed by atoms with van der Waals surface area (Å²) in [5.41, 5.74) is 1.18. The third-order valence-corrected chi connectivity index (χ3v) is 3.99. The van der Waals surface area contributed by atoms with Gasteiger partial charge in [0.1, 0.15) is 6.10 Å². The van der Waals surface area contributed by atoms with Crippen LogP contribution in [-0.4, -0.2) is 25.8 Å². The summed E-state index contributed by atoms with van der Waals surface area (Å²) in [4.78, 5) is 0. The van der Waals surface area contributed by atoms with Crippen LogP contribution in [0.4, 0.5) is 0 Å². The smallest absolute Gasteiger partial charge is 0.163 e. The molecule has 0 unspecified atom stereocenters. The molecule has 3 rings (SSSR count). The number of ether oxygens (including phenoxy) is 2. The molecular weight excluding hydrogens is 321 g/mol. The standard InChI is InChI=1S/C17H17Cl2NO2/c18-13-3-1-12(2-4-13)7-8-21-16-6-5-14(19)9-17(16)22-15-10-20-11-15/h1-6,9,15,20H,7-8,10-11H2. The molecule has 5 heteroatoms. The van der Waals surface area contributed by atoms with E-state index in [2.05, 4.69) is 5.32 Å². The Bertz CT molecular complexity index is 627. The van der Waals surface area contributed by atoms with Gasteiger partial charge in [-0.05, 0) is 29.8 Å². The minimum atomic E-state index is 0.192. The molecule has 0 spiro atoms. The minimum absolute atomic E-state index is 0.192. The zero-order valence-electron chi connectivity index (χ0n) is 12.0. The summed E-state index contributed by atoms with van der Waals surface area (Å²) in [5, 5.41) is 4.56. The van der Waals surface area contributed by atoms with Gasteiger partial charge >= 0.3 is 0 Å². The largest absolute Gasteiger partial charge is 0.489 e. The fourth-order valence-corrected chi connectivity index (χ4v) is 2.44. The molecule has 0 saturated carbocycles. The molecule has 0 aliphatic carbocycles. The monoisotopic (exact) mass is 337 g/mol. The van der Waals surface area contributed by atoms with E-state index in [9.17, 15) is 0 Å². The van der Waals surface area contributed by atoms with Crippen LogP contribution in [0.2, 0.25) is 10.0 Å². The first-order valence-electron chi connectivity index (χ1n) is 7.25. The maximum absolute atomic E-state index is 6.04. The average molecular weight is 338 g/mol. The molecule has 1 heterocycles. The Labute approximate surface area is 140 Å². The van der Waals surface area contributed by atoms with Crippen molar-refractivity contribution in [2.45, 2.75) is 12.5 Å². The Morgan fingerprint density at radius 2 is 1.68 bits per heavy atom. The fraction of sp³-hybridized carbons (Fsp3) is 0.294. The van der Waals surface area contributed by atoms with Gasteiger partial charge in [-0.2, -0.15) is 0 Å². The van der Waals surface area contributed by atoms with Crippen LogP contribution in [0.1, 0.15) is 5.56 Å². The zero-order valence-corrected chi connectivity index (χ0v) is 13.5. The van der Waals surface area contributed by atoms with Crippen LogP contribution in [0.5, 0.6) is 11.5 Å². The van der Waals surface area contributed by atoms with Crippen molar-refractivity contribution in [3.8, 4) is 11.5 Å². The highest BCUT2D eigenvalue weighted by molar-refractivity contribution is 6.31. The summed E-state index contributed by atoms with van der Waals surface area (Å²) in [6.45, 7) is 2.29. The van der Waals surface area contributed by atoms with E-state index in [4.69, 9.17) is 32.7 Å².